The van der Waals surface area contributed by atoms with Gasteiger partial charge in [-0.3, -0.25) is 10.1 Å². The highest BCUT2D eigenvalue weighted by atomic mass is 35.5. The summed E-state index contributed by atoms with van der Waals surface area (Å²) in [4.78, 5) is 18.7. The van der Waals surface area contributed by atoms with E-state index < -0.39 is 0 Å². The molecule has 0 spiro atoms. The highest BCUT2D eigenvalue weighted by Gasteiger charge is 2.45. The molecule has 1 heterocycles. The van der Waals surface area contributed by atoms with Crippen LogP contribution < -0.4 is 5.32 Å². The van der Waals surface area contributed by atoms with Gasteiger partial charge < -0.3 is 4.98 Å². The molecule has 0 bridgehead atoms. The van der Waals surface area contributed by atoms with Gasteiger partial charge in [0.1, 0.15) is 12.1 Å². The number of nitrogens with zero attached hydrogens (tertiary/aromatic N) is 3. The number of aromatic amines is 1. The largest absolute Gasteiger partial charge is 0.314 e. The fraction of sp³-hybridized carbons (Fsp3) is 0.200. The third-order valence-electron chi connectivity index (χ3n) is 3.65. The molecule has 2 N–H and O–H groups in total. The maximum absolute atomic E-state index is 12.2. The lowest BCUT2D eigenvalue weighted by atomic mass is 10.1. The van der Waals surface area contributed by atoms with Crippen molar-refractivity contribution in [3.8, 4) is 12.1 Å². The van der Waals surface area contributed by atoms with Gasteiger partial charge in [-0.25, -0.2) is 4.98 Å². The molecule has 1 aliphatic rings. The van der Waals surface area contributed by atoms with Crippen LogP contribution in [0.4, 0.5) is 5.95 Å². The molecule has 1 aromatic heterocycles. The molecule has 0 radical (unpaired) electrons. The molecule has 0 unspecified atom stereocenters. The van der Waals surface area contributed by atoms with E-state index in [9.17, 15) is 4.79 Å². The van der Waals surface area contributed by atoms with Crippen LogP contribution in [-0.4, -0.2) is 15.9 Å². The molecule has 1 fully saturated rings. The summed E-state index contributed by atoms with van der Waals surface area (Å²) in [5.41, 5.74) is 0.859. The average molecular weight is 346 g/mol. The maximum atomic E-state index is 12.2. The van der Waals surface area contributed by atoms with Gasteiger partial charge in [0.15, 0.2) is 11.4 Å². The number of halogens is 2. The zero-order chi connectivity index (χ0) is 16.6. The Morgan fingerprint density at radius 3 is 2.74 bits per heavy atom. The van der Waals surface area contributed by atoms with E-state index in [0.29, 0.717) is 16.5 Å². The predicted molar refractivity (Wildman–Crippen MR) is 84.0 cm³/mol. The van der Waals surface area contributed by atoms with Crippen molar-refractivity contribution in [3.63, 3.8) is 0 Å². The van der Waals surface area contributed by atoms with Gasteiger partial charge >= 0.3 is 0 Å². The van der Waals surface area contributed by atoms with Crippen LogP contribution in [0.2, 0.25) is 10.0 Å². The number of hydrogen-bond acceptors (Lipinski definition) is 4. The number of aromatic nitrogens is 2. The minimum Gasteiger partial charge on any atom is -0.314 e. The normalized spacial score (nSPS) is 18.8. The number of nitriles is 2. The fourth-order valence-corrected chi connectivity index (χ4v) is 2.98. The van der Waals surface area contributed by atoms with Crippen molar-refractivity contribution in [3.05, 3.63) is 45.2 Å². The second kappa shape index (κ2) is 5.92. The molecule has 8 heteroatoms. The molecule has 0 saturated heterocycles. The van der Waals surface area contributed by atoms with Crippen LogP contribution in [-0.2, 0) is 4.79 Å². The van der Waals surface area contributed by atoms with Crippen LogP contribution >= 0.6 is 23.2 Å². The van der Waals surface area contributed by atoms with E-state index in [0.717, 1.165) is 5.56 Å². The number of amides is 1. The highest BCUT2D eigenvalue weighted by Crippen LogP contribution is 2.50. The Balaban J connectivity index is 1.70. The standard InChI is InChI=1S/C15H9Cl2N5O/c16-7-1-2-8(11(17)3-7)9-4-10(9)14(23)22-15-20-12(5-18)13(6-19)21-15/h1-3,9-10H,4H2,(H2,20,21,22,23)/t9-,10+/m1/s1. The molecule has 1 aromatic carbocycles. The van der Waals surface area contributed by atoms with Gasteiger partial charge in [0.25, 0.3) is 0 Å². The zero-order valence-corrected chi connectivity index (χ0v) is 13.1. The average Bonchev–Trinajstić information content (AvgIpc) is 3.21. The fourth-order valence-electron chi connectivity index (χ4n) is 2.43. The topological polar surface area (TPSA) is 105 Å². The number of hydrogen-bond donors (Lipinski definition) is 2. The maximum Gasteiger partial charge on any atom is 0.230 e. The summed E-state index contributed by atoms with van der Waals surface area (Å²) in [5, 5.41) is 21.4. The van der Waals surface area contributed by atoms with Crippen molar-refractivity contribution in [2.45, 2.75) is 12.3 Å². The number of imidazole rings is 1. The summed E-state index contributed by atoms with van der Waals surface area (Å²) in [7, 11) is 0. The van der Waals surface area contributed by atoms with Crippen molar-refractivity contribution < 1.29 is 4.79 Å². The minimum atomic E-state index is -0.233. The third-order valence-corrected chi connectivity index (χ3v) is 4.21. The molecule has 6 nitrogen and oxygen atoms in total. The van der Waals surface area contributed by atoms with Crippen LogP contribution in [0.5, 0.6) is 0 Å². The van der Waals surface area contributed by atoms with Crippen LogP contribution in [0, 0.1) is 28.6 Å². The van der Waals surface area contributed by atoms with E-state index >= 15 is 0 Å². The molecule has 23 heavy (non-hydrogen) atoms. The number of nitrogens with one attached hydrogen (secondary N) is 2. The Bertz CT molecular complexity index is 845. The molecule has 2 atom stereocenters. The molecule has 1 aliphatic carbocycles. The quantitative estimate of drug-likeness (QED) is 0.890. The summed E-state index contributed by atoms with van der Waals surface area (Å²) in [6, 6.07) is 8.80. The lowest BCUT2D eigenvalue weighted by molar-refractivity contribution is -0.117. The molecule has 2 aromatic rings. The van der Waals surface area contributed by atoms with Gasteiger partial charge in [0, 0.05) is 16.0 Å². The zero-order valence-electron chi connectivity index (χ0n) is 11.6. The van der Waals surface area contributed by atoms with Crippen molar-refractivity contribution in [1.29, 1.82) is 10.5 Å². The van der Waals surface area contributed by atoms with E-state index in [2.05, 4.69) is 15.3 Å². The van der Waals surface area contributed by atoms with Crippen LogP contribution in [0.25, 0.3) is 0 Å². The first-order valence-corrected chi connectivity index (χ1v) is 7.45. The summed E-state index contributed by atoms with van der Waals surface area (Å²) in [6.45, 7) is 0. The summed E-state index contributed by atoms with van der Waals surface area (Å²) in [6.07, 6.45) is 0.671. The van der Waals surface area contributed by atoms with Crippen LogP contribution in [0.15, 0.2) is 18.2 Å². The third kappa shape index (κ3) is 3.00. The van der Waals surface area contributed by atoms with Gasteiger partial charge in [-0.15, -0.1) is 0 Å². The molecule has 1 saturated carbocycles. The summed E-state index contributed by atoms with van der Waals surface area (Å²) in [5.74, 6) is -0.338. The lowest BCUT2D eigenvalue weighted by Crippen LogP contribution is -2.15. The number of carbonyl (C=O) groups is 1. The van der Waals surface area contributed by atoms with Crippen molar-refractivity contribution in [2.24, 2.45) is 5.92 Å². The number of H-pyrrole nitrogens is 1. The van der Waals surface area contributed by atoms with E-state index in [1.165, 1.54) is 0 Å². The van der Waals surface area contributed by atoms with Gasteiger partial charge in [-0.2, -0.15) is 10.5 Å². The van der Waals surface area contributed by atoms with Crippen molar-refractivity contribution >= 4 is 35.1 Å². The SMILES string of the molecule is N#Cc1nc(NC(=O)[C@H]2C[C@@H]2c2ccc(Cl)cc2Cl)[nH]c1C#N. The smallest absolute Gasteiger partial charge is 0.230 e. The second-order valence-electron chi connectivity index (χ2n) is 5.14. The lowest BCUT2D eigenvalue weighted by Gasteiger charge is -2.04. The van der Waals surface area contributed by atoms with Gasteiger partial charge in [-0.1, -0.05) is 29.3 Å². The van der Waals surface area contributed by atoms with E-state index in [1.54, 1.807) is 18.2 Å². The Hall–Kier alpha value is -2.54. The molecule has 0 aliphatic heterocycles. The van der Waals surface area contributed by atoms with Gasteiger partial charge in [-0.05, 0) is 30.0 Å². The second-order valence-corrected chi connectivity index (χ2v) is 5.98. The van der Waals surface area contributed by atoms with Crippen molar-refractivity contribution in [2.75, 3.05) is 5.32 Å². The summed E-state index contributed by atoms with van der Waals surface area (Å²) < 4.78 is 0. The van der Waals surface area contributed by atoms with Gasteiger partial charge in [0.2, 0.25) is 11.9 Å². The monoisotopic (exact) mass is 345 g/mol. The molecular weight excluding hydrogens is 337 g/mol. The molecule has 1 amide bonds. The number of benzene rings is 1. The van der Waals surface area contributed by atoms with E-state index in [1.807, 2.05) is 12.1 Å². The number of carbonyl (C=O) groups excluding carboxylic acids is 1. The molecule has 114 valence electrons. The first-order valence-electron chi connectivity index (χ1n) is 6.69. The van der Waals surface area contributed by atoms with E-state index in [4.69, 9.17) is 33.7 Å². The van der Waals surface area contributed by atoms with E-state index in [-0.39, 0.29) is 35.1 Å². The molecular formula is C15H9Cl2N5O. The van der Waals surface area contributed by atoms with Crippen molar-refractivity contribution in [1.82, 2.24) is 9.97 Å². The molecule has 3 rings (SSSR count). The predicted octanol–water partition coefficient (Wildman–Crippen LogP) is 3.20. The summed E-state index contributed by atoms with van der Waals surface area (Å²) >= 11 is 12.0. The first-order chi connectivity index (χ1) is 11.0. The van der Waals surface area contributed by atoms with Crippen LogP contribution in [0.1, 0.15) is 29.3 Å². The Labute approximate surface area is 141 Å². The number of anilines is 1. The Morgan fingerprint density at radius 2 is 2.13 bits per heavy atom. The minimum absolute atomic E-state index is 0.0240. The Kier molecular flexibility index (Phi) is 3.96. The number of rotatable bonds is 3. The van der Waals surface area contributed by atoms with Crippen LogP contribution in [0.3, 0.4) is 0 Å². The Morgan fingerprint density at radius 1 is 1.35 bits per heavy atom. The van der Waals surface area contributed by atoms with Gasteiger partial charge in [0.05, 0.1) is 0 Å². The highest BCUT2D eigenvalue weighted by molar-refractivity contribution is 6.35. The first kappa shape index (κ1) is 15.4.